The normalized spacial score (nSPS) is 10.8. The Morgan fingerprint density at radius 1 is 1.42 bits per heavy atom. The number of halogens is 1. The quantitative estimate of drug-likeness (QED) is 0.617. The summed E-state index contributed by atoms with van der Waals surface area (Å²) in [6.45, 7) is 4.68. The standard InChI is InChI=1S/C18H17BrN2O2S/c1-3-7-20-18(22)15-9-16-14(10-17(19)24-16)21(15)11-12-5-4-6-13(8-12)23-2/h3-6,8-10H,1,7,11H2,2H3,(H,20,22). The summed E-state index contributed by atoms with van der Waals surface area (Å²) in [5.74, 6) is 0.706. The van der Waals surface area contributed by atoms with Gasteiger partial charge in [-0.25, -0.2) is 0 Å². The Balaban J connectivity index is 2.02. The van der Waals surface area contributed by atoms with E-state index in [9.17, 15) is 4.79 Å². The summed E-state index contributed by atoms with van der Waals surface area (Å²) in [7, 11) is 1.65. The van der Waals surface area contributed by atoms with Gasteiger partial charge in [0.15, 0.2) is 0 Å². The molecule has 1 amide bonds. The molecule has 3 aromatic rings. The lowest BCUT2D eigenvalue weighted by atomic mass is 10.2. The Kier molecular flexibility index (Phi) is 5.06. The van der Waals surface area contributed by atoms with E-state index >= 15 is 0 Å². The average Bonchev–Trinajstić information content (AvgIpc) is 3.10. The molecule has 4 nitrogen and oxygen atoms in total. The number of benzene rings is 1. The van der Waals surface area contributed by atoms with Gasteiger partial charge in [0.25, 0.3) is 5.91 Å². The van der Waals surface area contributed by atoms with Crippen molar-refractivity contribution in [2.75, 3.05) is 13.7 Å². The molecule has 0 saturated carbocycles. The van der Waals surface area contributed by atoms with Crippen molar-refractivity contribution in [3.63, 3.8) is 0 Å². The van der Waals surface area contributed by atoms with Crippen molar-refractivity contribution >= 4 is 43.4 Å². The van der Waals surface area contributed by atoms with Crippen LogP contribution in [-0.2, 0) is 6.54 Å². The number of hydrogen-bond acceptors (Lipinski definition) is 3. The van der Waals surface area contributed by atoms with Gasteiger partial charge in [0.2, 0.25) is 0 Å². The van der Waals surface area contributed by atoms with Gasteiger partial charge in [-0.05, 0) is 45.8 Å². The third-order valence-corrected chi connectivity index (χ3v) is 5.25. The van der Waals surface area contributed by atoms with Crippen molar-refractivity contribution in [3.8, 4) is 5.75 Å². The van der Waals surface area contributed by atoms with Crippen molar-refractivity contribution < 1.29 is 9.53 Å². The smallest absolute Gasteiger partial charge is 0.268 e. The molecule has 0 aliphatic rings. The molecule has 0 radical (unpaired) electrons. The number of nitrogens with zero attached hydrogens (tertiary/aromatic N) is 1. The van der Waals surface area contributed by atoms with Crippen molar-refractivity contribution in [3.05, 3.63) is 64.1 Å². The average molecular weight is 405 g/mol. The van der Waals surface area contributed by atoms with E-state index in [4.69, 9.17) is 4.74 Å². The zero-order valence-corrected chi connectivity index (χ0v) is 15.6. The second kappa shape index (κ2) is 7.23. The van der Waals surface area contributed by atoms with Crippen LogP contribution in [0.4, 0.5) is 0 Å². The summed E-state index contributed by atoms with van der Waals surface area (Å²) in [5, 5.41) is 2.85. The topological polar surface area (TPSA) is 43.3 Å². The second-order valence-electron chi connectivity index (χ2n) is 5.27. The van der Waals surface area contributed by atoms with E-state index in [0.29, 0.717) is 18.8 Å². The van der Waals surface area contributed by atoms with Gasteiger partial charge >= 0.3 is 0 Å². The zero-order chi connectivity index (χ0) is 17.1. The maximum Gasteiger partial charge on any atom is 0.268 e. The molecular weight excluding hydrogens is 388 g/mol. The fourth-order valence-corrected chi connectivity index (χ4v) is 4.14. The molecule has 0 bridgehead atoms. The van der Waals surface area contributed by atoms with E-state index in [1.807, 2.05) is 41.0 Å². The molecular formula is C18H17BrN2O2S. The molecule has 0 unspecified atom stereocenters. The summed E-state index contributed by atoms with van der Waals surface area (Å²) in [5.41, 5.74) is 2.76. The third kappa shape index (κ3) is 3.39. The molecule has 1 aromatic carbocycles. The molecule has 0 atom stereocenters. The molecule has 2 aromatic heterocycles. The summed E-state index contributed by atoms with van der Waals surface area (Å²) >= 11 is 5.14. The summed E-state index contributed by atoms with van der Waals surface area (Å²) < 4.78 is 9.45. The van der Waals surface area contributed by atoms with Crippen LogP contribution in [0.3, 0.4) is 0 Å². The first-order chi connectivity index (χ1) is 11.6. The minimum atomic E-state index is -0.0997. The first-order valence-corrected chi connectivity index (χ1v) is 9.04. The van der Waals surface area contributed by atoms with Gasteiger partial charge < -0.3 is 14.6 Å². The Hall–Kier alpha value is -2.05. The zero-order valence-electron chi connectivity index (χ0n) is 13.2. The van der Waals surface area contributed by atoms with Crippen LogP contribution >= 0.6 is 27.3 Å². The number of methoxy groups -OCH3 is 1. The molecule has 0 aliphatic carbocycles. The van der Waals surface area contributed by atoms with Crippen molar-refractivity contribution in [2.24, 2.45) is 0 Å². The van der Waals surface area contributed by atoms with Crippen LogP contribution < -0.4 is 10.1 Å². The van der Waals surface area contributed by atoms with Crippen LogP contribution in [0.1, 0.15) is 16.1 Å². The Morgan fingerprint density at radius 2 is 2.25 bits per heavy atom. The van der Waals surface area contributed by atoms with E-state index < -0.39 is 0 Å². The maximum atomic E-state index is 12.5. The molecule has 24 heavy (non-hydrogen) atoms. The predicted molar refractivity (Wildman–Crippen MR) is 102 cm³/mol. The molecule has 1 N–H and O–H groups in total. The van der Waals surface area contributed by atoms with E-state index in [1.165, 1.54) is 0 Å². The van der Waals surface area contributed by atoms with Gasteiger partial charge in [-0.3, -0.25) is 4.79 Å². The number of nitrogens with one attached hydrogen (secondary N) is 1. The molecule has 0 fully saturated rings. The highest BCUT2D eigenvalue weighted by Crippen LogP contribution is 2.33. The highest BCUT2D eigenvalue weighted by molar-refractivity contribution is 9.11. The Bertz CT molecular complexity index is 898. The van der Waals surface area contributed by atoms with Gasteiger partial charge in [0.1, 0.15) is 11.4 Å². The minimum absolute atomic E-state index is 0.0997. The molecule has 0 spiro atoms. The second-order valence-corrected chi connectivity index (χ2v) is 7.73. The highest BCUT2D eigenvalue weighted by atomic mass is 79.9. The lowest BCUT2D eigenvalue weighted by Gasteiger charge is -2.11. The van der Waals surface area contributed by atoms with Crippen LogP contribution in [-0.4, -0.2) is 24.1 Å². The predicted octanol–water partition coefficient (Wildman–Crippen LogP) is 4.44. The van der Waals surface area contributed by atoms with Crippen LogP contribution in [0.15, 0.2) is 52.8 Å². The monoisotopic (exact) mass is 404 g/mol. The van der Waals surface area contributed by atoms with E-state index in [2.05, 4.69) is 27.8 Å². The molecule has 124 valence electrons. The van der Waals surface area contributed by atoms with Gasteiger partial charge in [-0.2, -0.15) is 0 Å². The number of hydrogen-bond donors (Lipinski definition) is 1. The fourth-order valence-electron chi connectivity index (χ4n) is 2.58. The molecule has 2 heterocycles. The summed E-state index contributed by atoms with van der Waals surface area (Å²) in [4.78, 5) is 12.5. The molecule has 3 rings (SSSR count). The number of fused-ring (bicyclic) bond motifs is 1. The first kappa shape index (κ1) is 16.8. The Morgan fingerprint density at radius 3 is 3.00 bits per heavy atom. The number of aromatic nitrogens is 1. The van der Waals surface area contributed by atoms with Gasteiger partial charge in [0, 0.05) is 13.1 Å². The van der Waals surface area contributed by atoms with Crippen LogP contribution in [0, 0.1) is 0 Å². The van der Waals surface area contributed by atoms with E-state index in [0.717, 1.165) is 25.3 Å². The number of carbonyl (C=O) groups is 1. The summed E-state index contributed by atoms with van der Waals surface area (Å²) in [6, 6.07) is 11.9. The molecule has 0 saturated heterocycles. The molecule has 6 heteroatoms. The van der Waals surface area contributed by atoms with Gasteiger partial charge in [-0.1, -0.05) is 18.2 Å². The Labute approximate surface area is 152 Å². The van der Waals surface area contributed by atoms with Crippen molar-refractivity contribution in [2.45, 2.75) is 6.54 Å². The van der Waals surface area contributed by atoms with E-state index in [-0.39, 0.29) is 5.91 Å². The number of ether oxygens (including phenoxy) is 1. The SMILES string of the molecule is C=CCNC(=O)c1cc2sc(Br)cc2n1Cc1cccc(OC)c1. The van der Waals surface area contributed by atoms with Crippen LogP contribution in [0.5, 0.6) is 5.75 Å². The summed E-state index contributed by atoms with van der Waals surface area (Å²) in [6.07, 6.45) is 1.67. The minimum Gasteiger partial charge on any atom is -0.497 e. The van der Waals surface area contributed by atoms with Gasteiger partial charge in [-0.15, -0.1) is 17.9 Å². The lowest BCUT2D eigenvalue weighted by molar-refractivity contribution is 0.0949. The number of amides is 1. The van der Waals surface area contributed by atoms with Crippen LogP contribution in [0.2, 0.25) is 0 Å². The first-order valence-electron chi connectivity index (χ1n) is 7.43. The molecule has 0 aliphatic heterocycles. The fraction of sp³-hybridized carbons (Fsp3) is 0.167. The number of thiophene rings is 1. The maximum absolute atomic E-state index is 12.5. The van der Waals surface area contributed by atoms with E-state index in [1.54, 1.807) is 24.5 Å². The third-order valence-electron chi connectivity index (χ3n) is 3.67. The largest absolute Gasteiger partial charge is 0.497 e. The van der Waals surface area contributed by atoms with Crippen molar-refractivity contribution in [1.82, 2.24) is 9.88 Å². The van der Waals surface area contributed by atoms with Gasteiger partial charge in [0.05, 0.1) is 21.1 Å². The highest BCUT2D eigenvalue weighted by Gasteiger charge is 2.17. The lowest BCUT2D eigenvalue weighted by Crippen LogP contribution is -2.26. The van der Waals surface area contributed by atoms with Crippen molar-refractivity contribution in [1.29, 1.82) is 0 Å². The van der Waals surface area contributed by atoms with Crippen LogP contribution in [0.25, 0.3) is 10.2 Å². The number of rotatable bonds is 6. The number of carbonyl (C=O) groups excluding carboxylic acids is 1.